The molecule has 2 rings (SSSR count). The number of benzene rings is 1. The minimum atomic E-state index is -1.17. The van der Waals surface area contributed by atoms with Gasteiger partial charge in [-0.05, 0) is 52.0 Å². The summed E-state index contributed by atoms with van der Waals surface area (Å²) in [6.07, 6.45) is 1.66. The summed E-state index contributed by atoms with van der Waals surface area (Å²) in [6, 6.07) is 7.43. The summed E-state index contributed by atoms with van der Waals surface area (Å²) in [5.74, 6) is -0.195. The number of rotatable bonds is 5. The van der Waals surface area contributed by atoms with Crippen LogP contribution in [0.1, 0.15) is 27.7 Å². The SMILES string of the molecule is CC(C)Oc1ccc(-c2cnnn2C(C)(C)C(=O)O)cc1. The molecule has 2 aromatic rings. The quantitative estimate of drug-likeness (QED) is 0.915. The van der Waals surface area contributed by atoms with Gasteiger partial charge in [0, 0.05) is 5.56 Å². The van der Waals surface area contributed by atoms with Crippen molar-refractivity contribution in [3.63, 3.8) is 0 Å². The molecule has 1 heterocycles. The van der Waals surface area contributed by atoms with Crippen LogP contribution in [0.15, 0.2) is 30.5 Å². The van der Waals surface area contributed by atoms with E-state index in [1.165, 1.54) is 4.68 Å². The number of carbonyl (C=O) groups is 1. The Morgan fingerprint density at radius 2 is 1.90 bits per heavy atom. The number of carboxylic acid groups (broad SMARTS) is 1. The number of hydrogen-bond acceptors (Lipinski definition) is 4. The zero-order chi connectivity index (χ0) is 15.6. The first-order valence-electron chi connectivity index (χ1n) is 6.74. The Morgan fingerprint density at radius 1 is 1.29 bits per heavy atom. The second-order valence-electron chi connectivity index (χ2n) is 5.59. The summed E-state index contributed by atoms with van der Waals surface area (Å²) in [7, 11) is 0. The van der Waals surface area contributed by atoms with Gasteiger partial charge in [-0.2, -0.15) is 0 Å². The molecular formula is C15H19N3O3. The van der Waals surface area contributed by atoms with E-state index < -0.39 is 11.5 Å². The number of aromatic nitrogens is 3. The number of nitrogens with zero attached hydrogens (tertiary/aromatic N) is 3. The van der Waals surface area contributed by atoms with Crippen molar-refractivity contribution in [3.8, 4) is 17.0 Å². The van der Waals surface area contributed by atoms with Crippen LogP contribution >= 0.6 is 0 Å². The van der Waals surface area contributed by atoms with Crippen LogP contribution in [0.5, 0.6) is 5.75 Å². The molecule has 0 fully saturated rings. The van der Waals surface area contributed by atoms with Gasteiger partial charge in [-0.15, -0.1) is 5.10 Å². The Bertz CT molecular complexity index is 630. The molecule has 1 N–H and O–H groups in total. The highest BCUT2D eigenvalue weighted by atomic mass is 16.5. The van der Waals surface area contributed by atoms with E-state index in [1.807, 2.05) is 38.1 Å². The minimum absolute atomic E-state index is 0.106. The molecule has 0 amide bonds. The van der Waals surface area contributed by atoms with Crippen LogP contribution in [0.4, 0.5) is 0 Å². The zero-order valence-corrected chi connectivity index (χ0v) is 12.6. The lowest BCUT2D eigenvalue weighted by atomic mass is 10.0. The van der Waals surface area contributed by atoms with Gasteiger partial charge in [0.2, 0.25) is 0 Å². The first-order valence-corrected chi connectivity index (χ1v) is 6.74. The molecule has 1 aromatic carbocycles. The van der Waals surface area contributed by atoms with Crippen molar-refractivity contribution in [2.45, 2.75) is 39.3 Å². The second-order valence-corrected chi connectivity index (χ2v) is 5.59. The summed E-state index contributed by atoms with van der Waals surface area (Å²) >= 11 is 0. The zero-order valence-electron chi connectivity index (χ0n) is 12.6. The van der Waals surface area contributed by atoms with E-state index in [0.717, 1.165) is 11.3 Å². The fourth-order valence-electron chi connectivity index (χ4n) is 1.91. The molecule has 21 heavy (non-hydrogen) atoms. The Kier molecular flexibility index (Phi) is 3.97. The molecule has 0 saturated heterocycles. The lowest BCUT2D eigenvalue weighted by molar-refractivity contribution is -0.146. The Morgan fingerprint density at radius 3 is 2.43 bits per heavy atom. The fraction of sp³-hybridized carbons (Fsp3) is 0.400. The van der Waals surface area contributed by atoms with Crippen molar-refractivity contribution in [3.05, 3.63) is 30.5 Å². The molecule has 0 atom stereocenters. The fourth-order valence-corrected chi connectivity index (χ4v) is 1.91. The predicted molar refractivity (Wildman–Crippen MR) is 78.2 cm³/mol. The monoisotopic (exact) mass is 289 g/mol. The predicted octanol–water partition coefficient (Wildman–Crippen LogP) is 2.55. The maximum absolute atomic E-state index is 11.4. The highest BCUT2D eigenvalue weighted by molar-refractivity contribution is 5.77. The maximum atomic E-state index is 11.4. The summed E-state index contributed by atoms with van der Waals surface area (Å²) in [4.78, 5) is 11.4. The van der Waals surface area contributed by atoms with Crippen LogP contribution in [0.3, 0.4) is 0 Å². The smallest absolute Gasteiger partial charge is 0.331 e. The lowest BCUT2D eigenvalue weighted by Gasteiger charge is -2.21. The summed E-state index contributed by atoms with van der Waals surface area (Å²) in [5, 5.41) is 17.1. The van der Waals surface area contributed by atoms with Crippen LogP contribution in [-0.4, -0.2) is 32.2 Å². The van der Waals surface area contributed by atoms with E-state index in [0.29, 0.717) is 5.69 Å². The van der Waals surface area contributed by atoms with Gasteiger partial charge in [0.05, 0.1) is 18.0 Å². The van der Waals surface area contributed by atoms with E-state index >= 15 is 0 Å². The van der Waals surface area contributed by atoms with Crippen LogP contribution in [0.2, 0.25) is 0 Å². The molecule has 0 saturated carbocycles. The van der Waals surface area contributed by atoms with Gasteiger partial charge in [0.1, 0.15) is 5.75 Å². The molecule has 0 radical (unpaired) electrons. The topological polar surface area (TPSA) is 77.2 Å². The van der Waals surface area contributed by atoms with Crippen molar-refractivity contribution in [2.75, 3.05) is 0 Å². The van der Waals surface area contributed by atoms with Gasteiger partial charge in [0.15, 0.2) is 5.54 Å². The van der Waals surface area contributed by atoms with Crippen LogP contribution in [0, 0.1) is 0 Å². The summed E-state index contributed by atoms with van der Waals surface area (Å²) < 4.78 is 7.00. The molecule has 6 heteroatoms. The second kappa shape index (κ2) is 5.55. The van der Waals surface area contributed by atoms with Gasteiger partial charge < -0.3 is 9.84 Å². The van der Waals surface area contributed by atoms with Gasteiger partial charge in [-0.25, -0.2) is 9.48 Å². The highest BCUT2D eigenvalue weighted by Gasteiger charge is 2.32. The molecule has 0 aliphatic rings. The van der Waals surface area contributed by atoms with Crippen molar-refractivity contribution >= 4 is 5.97 Å². The van der Waals surface area contributed by atoms with Crippen molar-refractivity contribution in [1.29, 1.82) is 0 Å². The van der Waals surface area contributed by atoms with Gasteiger partial charge in [-0.1, -0.05) is 5.21 Å². The van der Waals surface area contributed by atoms with E-state index in [1.54, 1.807) is 20.0 Å². The summed E-state index contributed by atoms with van der Waals surface area (Å²) in [6.45, 7) is 7.10. The first kappa shape index (κ1) is 15.0. The molecule has 0 unspecified atom stereocenters. The molecule has 0 bridgehead atoms. The molecule has 0 aliphatic heterocycles. The van der Waals surface area contributed by atoms with Crippen molar-refractivity contribution in [2.24, 2.45) is 0 Å². The lowest BCUT2D eigenvalue weighted by Crippen LogP contribution is -2.37. The third-order valence-corrected chi connectivity index (χ3v) is 3.12. The number of hydrogen-bond donors (Lipinski definition) is 1. The first-order chi connectivity index (χ1) is 9.82. The highest BCUT2D eigenvalue weighted by Crippen LogP contribution is 2.26. The molecule has 0 spiro atoms. The van der Waals surface area contributed by atoms with E-state index in [4.69, 9.17) is 4.74 Å². The normalized spacial score (nSPS) is 11.7. The standard InChI is InChI=1S/C15H19N3O3/c1-10(2)21-12-7-5-11(6-8-12)13-9-16-17-18(13)15(3,4)14(19)20/h5-10H,1-4H3,(H,19,20). The molecule has 6 nitrogen and oxygen atoms in total. The largest absolute Gasteiger partial charge is 0.491 e. The van der Waals surface area contributed by atoms with Crippen LogP contribution in [0.25, 0.3) is 11.3 Å². The van der Waals surface area contributed by atoms with Crippen molar-refractivity contribution < 1.29 is 14.6 Å². The van der Waals surface area contributed by atoms with Crippen LogP contribution < -0.4 is 4.74 Å². The van der Waals surface area contributed by atoms with Gasteiger partial charge >= 0.3 is 5.97 Å². The molecule has 1 aromatic heterocycles. The van der Waals surface area contributed by atoms with E-state index in [2.05, 4.69) is 10.3 Å². The third kappa shape index (κ3) is 3.04. The Labute approximate surface area is 123 Å². The van der Waals surface area contributed by atoms with E-state index in [-0.39, 0.29) is 6.10 Å². The molecular weight excluding hydrogens is 270 g/mol. The average molecular weight is 289 g/mol. The Hall–Kier alpha value is -2.37. The minimum Gasteiger partial charge on any atom is -0.491 e. The Balaban J connectivity index is 2.36. The molecule has 112 valence electrons. The number of ether oxygens (including phenoxy) is 1. The average Bonchev–Trinajstić information content (AvgIpc) is 2.88. The summed E-state index contributed by atoms with van der Waals surface area (Å²) in [5.41, 5.74) is 0.322. The number of carboxylic acids is 1. The van der Waals surface area contributed by atoms with Crippen molar-refractivity contribution in [1.82, 2.24) is 15.0 Å². The van der Waals surface area contributed by atoms with E-state index in [9.17, 15) is 9.90 Å². The number of aliphatic carboxylic acids is 1. The third-order valence-electron chi connectivity index (χ3n) is 3.12. The maximum Gasteiger partial charge on any atom is 0.331 e. The van der Waals surface area contributed by atoms with Crippen LogP contribution in [-0.2, 0) is 10.3 Å². The van der Waals surface area contributed by atoms with Gasteiger partial charge in [0.25, 0.3) is 0 Å². The van der Waals surface area contributed by atoms with Gasteiger partial charge in [-0.3, -0.25) is 0 Å². The molecule has 0 aliphatic carbocycles.